The fourth-order valence-corrected chi connectivity index (χ4v) is 3.63. The number of benzene rings is 1. The predicted molar refractivity (Wildman–Crippen MR) is 74.8 cm³/mol. The molecule has 1 atom stereocenters. The van der Waals surface area contributed by atoms with E-state index in [0.717, 1.165) is 11.3 Å². The van der Waals surface area contributed by atoms with Crippen molar-refractivity contribution >= 4 is 14.1 Å². The van der Waals surface area contributed by atoms with Gasteiger partial charge in [-0.1, -0.05) is 44.4 Å². The second kappa shape index (κ2) is 5.35. The zero-order chi connectivity index (χ0) is 12.2. The molecule has 0 radical (unpaired) electrons. The largest absolute Gasteiger partial charge is 0.491 e. The highest BCUT2D eigenvalue weighted by atomic mass is 28.3. The number of ether oxygens (including phenoxy) is 1. The van der Waals surface area contributed by atoms with Gasteiger partial charge in [-0.3, -0.25) is 0 Å². The standard InChI is InChI=1S/C14H22OSi/c1-6-13-7-9-14(10-8-13)15-12(2)11-16(3,4)5/h6-10,12H,1,11H2,2-5H3. The lowest BCUT2D eigenvalue weighted by Gasteiger charge is -2.22. The summed E-state index contributed by atoms with van der Waals surface area (Å²) in [5, 5.41) is 0. The molecule has 0 aliphatic carbocycles. The van der Waals surface area contributed by atoms with Crippen LogP contribution in [0.4, 0.5) is 0 Å². The highest BCUT2D eigenvalue weighted by Gasteiger charge is 2.18. The number of hydrogen-bond acceptors (Lipinski definition) is 1. The maximum atomic E-state index is 5.89. The van der Waals surface area contributed by atoms with Gasteiger partial charge in [-0.05, 0) is 30.7 Å². The fraction of sp³-hybridized carbons (Fsp3) is 0.429. The molecule has 0 amide bonds. The van der Waals surface area contributed by atoms with Crippen molar-refractivity contribution in [2.45, 2.75) is 38.7 Å². The normalized spacial score (nSPS) is 13.2. The molecule has 0 saturated heterocycles. The van der Waals surface area contributed by atoms with Crippen LogP contribution in [0.2, 0.25) is 25.7 Å². The molecule has 0 spiro atoms. The van der Waals surface area contributed by atoms with E-state index in [1.165, 1.54) is 6.04 Å². The summed E-state index contributed by atoms with van der Waals surface area (Å²) in [6.07, 6.45) is 2.15. The molecule has 1 unspecified atom stereocenters. The first-order valence-corrected chi connectivity index (χ1v) is 9.50. The Bertz CT molecular complexity index is 335. The van der Waals surface area contributed by atoms with Crippen molar-refractivity contribution in [2.24, 2.45) is 0 Å². The summed E-state index contributed by atoms with van der Waals surface area (Å²) in [7, 11) is -1.03. The Morgan fingerprint density at radius 3 is 2.25 bits per heavy atom. The van der Waals surface area contributed by atoms with Crippen molar-refractivity contribution in [3.63, 3.8) is 0 Å². The molecule has 1 aromatic rings. The van der Waals surface area contributed by atoms with Crippen LogP contribution in [0, 0.1) is 0 Å². The van der Waals surface area contributed by atoms with Gasteiger partial charge in [0.15, 0.2) is 0 Å². The molecule has 0 N–H and O–H groups in total. The van der Waals surface area contributed by atoms with Crippen molar-refractivity contribution in [1.29, 1.82) is 0 Å². The molecule has 16 heavy (non-hydrogen) atoms. The smallest absolute Gasteiger partial charge is 0.119 e. The first-order chi connectivity index (χ1) is 7.40. The summed E-state index contributed by atoms with van der Waals surface area (Å²) in [5.74, 6) is 0.955. The Morgan fingerprint density at radius 2 is 1.81 bits per heavy atom. The van der Waals surface area contributed by atoms with Crippen LogP contribution in [0.5, 0.6) is 5.75 Å². The third-order valence-electron chi connectivity index (χ3n) is 2.35. The molecule has 1 rings (SSSR count). The summed E-state index contributed by atoms with van der Waals surface area (Å²) in [4.78, 5) is 0. The van der Waals surface area contributed by atoms with Crippen LogP contribution < -0.4 is 4.74 Å². The fourth-order valence-electron chi connectivity index (χ4n) is 1.82. The Balaban J connectivity index is 2.56. The predicted octanol–water partition coefficient (Wildman–Crippen LogP) is 4.44. The first kappa shape index (κ1) is 13.0. The van der Waals surface area contributed by atoms with E-state index < -0.39 is 8.07 Å². The highest BCUT2D eigenvalue weighted by Crippen LogP contribution is 2.19. The lowest BCUT2D eigenvalue weighted by atomic mass is 10.2. The molecular weight excluding hydrogens is 212 g/mol. The van der Waals surface area contributed by atoms with Crippen molar-refractivity contribution in [3.05, 3.63) is 36.4 Å². The van der Waals surface area contributed by atoms with Gasteiger partial charge < -0.3 is 4.74 Å². The van der Waals surface area contributed by atoms with E-state index in [4.69, 9.17) is 4.74 Å². The van der Waals surface area contributed by atoms with Crippen LogP contribution in [0.1, 0.15) is 12.5 Å². The van der Waals surface area contributed by atoms with E-state index in [-0.39, 0.29) is 0 Å². The van der Waals surface area contributed by atoms with Gasteiger partial charge in [-0.25, -0.2) is 0 Å². The van der Waals surface area contributed by atoms with E-state index in [1.54, 1.807) is 0 Å². The maximum Gasteiger partial charge on any atom is 0.119 e. The molecule has 0 fully saturated rings. The molecule has 0 heterocycles. The Kier molecular flexibility index (Phi) is 4.36. The van der Waals surface area contributed by atoms with E-state index >= 15 is 0 Å². The van der Waals surface area contributed by atoms with Gasteiger partial charge in [0, 0.05) is 8.07 Å². The summed E-state index contributed by atoms with van der Waals surface area (Å²) in [5.41, 5.74) is 1.13. The molecule has 0 aromatic heterocycles. The summed E-state index contributed by atoms with van der Waals surface area (Å²) in [6.45, 7) is 13.0. The summed E-state index contributed by atoms with van der Waals surface area (Å²) < 4.78 is 5.89. The Hall–Kier alpha value is -1.02. The molecule has 1 aromatic carbocycles. The molecule has 1 nitrogen and oxygen atoms in total. The van der Waals surface area contributed by atoms with E-state index in [9.17, 15) is 0 Å². The SMILES string of the molecule is C=Cc1ccc(OC(C)C[Si](C)(C)C)cc1. The molecule has 0 aliphatic rings. The third-order valence-corrected chi connectivity index (χ3v) is 4.15. The van der Waals surface area contributed by atoms with Gasteiger partial charge in [-0.15, -0.1) is 0 Å². The van der Waals surface area contributed by atoms with Crippen LogP contribution in [0.15, 0.2) is 30.8 Å². The van der Waals surface area contributed by atoms with Crippen molar-refractivity contribution < 1.29 is 4.74 Å². The van der Waals surface area contributed by atoms with Crippen LogP contribution in [0.25, 0.3) is 6.08 Å². The molecule has 88 valence electrons. The van der Waals surface area contributed by atoms with Gasteiger partial charge in [0.05, 0.1) is 6.10 Å². The van der Waals surface area contributed by atoms with Gasteiger partial charge >= 0.3 is 0 Å². The van der Waals surface area contributed by atoms with Gasteiger partial charge in [0.25, 0.3) is 0 Å². The molecule has 0 saturated carbocycles. The second-order valence-corrected chi connectivity index (χ2v) is 11.0. The van der Waals surface area contributed by atoms with Crippen molar-refractivity contribution in [1.82, 2.24) is 0 Å². The quantitative estimate of drug-likeness (QED) is 0.685. The van der Waals surface area contributed by atoms with Gasteiger partial charge in [0.1, 0.15) is 5.75 Å². The Morgan fingerprint density at radius 1 is 1.25 bits per heavy atom. The molecular formula is C14H22OSi. The highest BCUT2D eigenvalue weighted by molar-refractivity contribution is 6.76. The van der Waals surface area contributed by atoms with Gasteiger partial charge in [-0.2, -0.15) is 0 Å². The van der Waals surface area contributed by atoms with Crippen LogP contribution in [-0.4, -0.2) is 14.2 Å². The minimum absolute atomic E-state index is 0.307. The summed E-state index contributed by atoms with van der Waals surface area (Å²) in [6, 6.07) is 9.28. The van der Waals surface area contributed by atoms with Gasteiger partial charge in [0.2, 0.25) is 0 Å². The zero-order valence-electron chi connectivity index (χ0n) is 10.8. The third kappa shape index (κ3) is 4.66. The molecule has 0 bridgehead atoms. The van der Waals surface area contributed by atoms with Crippen LogP contribution in [-0.2, 0) is 0 Å². The number of hydrogen-bond donors (Lipinski definition) is 0. The van der Waals surface area contributed by atoms with E-state index in [1.807, 2.05) is 30.3 Å². The first-order valence-electron chi connectivity index (χ1n) is 5.80. The minimum atomic E-state index is -1.03. The van der Waals surface area contributed by atoms with Crippen molar-refractivity contribution in [2.75, 3.05) is 0 Å². The average molecular weight is 234 g/mol. The second-order valence-electron chi connectivity index (χ2n) is 5.47. The topological polar surface area (TPSA) is 9.23 Å². The van der Waals surface area contributed by atoms with Crippen molar-refractivity contribution in [3.8, 4) is 5.75 Å². The minimum Gasteiger partial charge on any atom is -0.491 e. The maximum absolute atomic E-state index is 5.89. The average Bonchev–Trinajstić information content (AvgIpc) is 2.16. The lowest BCUT2D eigenvalue weighted by molar-refractivity contribution is 0.240. The van der Waals surface area contributed by atoms with Crippen LogP contribution in [0.3, 0.4) is 0 Å². The number of rotatable bonds is 5. The summed E-state index contributed by atoms with van der Waals surface area (Å²) >= 11 is 0. The Labute approximate surface area is 100 Å². The lowest BCUT2D eigenvalue weighted by Crippen LogP contribution is -2.28. The molecule has 0 aliphatic heterocycles. The van der Waals surface area contributed by atoms with E-state index in [0.29, 0.717) is 6.10 Å². The monoisotopic (exact) mass is 234 g/mol. The molecule has 2 heteroatoms. The van der Waals surface area contributed by atoms with Crippen LogP contribution >= 0.6 is 0 Å². The zero-order valence-corrected chi connectivity index (χ0v) is 11.8. The van der Waals surface area contributed by atoms with E-state index in [2.05, 4.69) is 33.1 Å².